The largest absolute Gasteiger partial charge is 0.461 e. The van der Waals surface area contributed by atoms with Crippen molar-refractivity contribution in [3.63, 3.8) is 0 Å². The van der Waals surface area contributed by atoms with Crippen LogP contribution in [0.2, 0.25) is 0 Å². The highest BCUT2D eigenvalue weighted by Crippen LogP contribution is 2.19. The standard InChI is InChI=1S/C12H18O2/c1-3-6-10(7-4-2)12(13)11-8-5-9-14-11/h5,8-10H,3-4,6-7H2,1-2H3. The quantitative estimate of drug-likeness (QED) is 0.647. The van der Waals surface area contributed by atoms with Gasteiger partial charge >= 0.3 is 0 Å². The van der Waals surface area contributed by atoms with Crippen molar-refractivity contribution in [3.8, 4) is 0 Å². The average molecular weight is 194 g/mol. The van der Waals surface area contributed by atoms with Crippen LogP contribution in [0.4, 0.5) is 0 Å². The van der Waals surface area contributed by atoms with Gasteiger partial charge in [0.25, 0.3) is 0 Å². The van der Waals surface area contributed by atoms with Crippen molar-refractivity contribution in [1.82, 2.24) is 0 Å². The maximum absolute atomic E-state index is 11.9. The number of Topliss-reactive ketones (excluding diaryl/α,β-unsaturated/α-hetero) is 1. The highest BCUT2D eigenvalue weighted by atomic mass is 16.3. The van der Waals surface area contributed by atoms with Gasteiger partial charge in [0.1, 0.15) is 0 Å². The van der Waals surface area contributed by atoms with Crippen molar-refractivity contribution < 1.29 is 9.21 Å². The van der Waals surface area contributed by atoms with E-state index in [-0.39, 0.29) is 11.7 Å². The third-order valence-corrected chi connectivity index (χ3v) is 2.41. The van der Waals surface area contributed by atoms with E-state index >= 15 is 0 Å². The lowest BCUT2D eigenvalue weighted by Gasteiger charge is -2.11. The van der Waals surface area contributed by atoms with Gasteiger partial charge in [0, 0.05) is 5.92 Å². The molecule has 0 amide bonds. The predicted molar refractivity (Wildman–Crippen MR) is 56.3 cm³/mol. The second-order valence-corrected chi connectivity index (χ2v) is 3.62. The molecule has 0 spiro atoms. The Labute approximate surface area is 85.3 Å². The van der Waals surface area contributed by atoms with Crippen molar-refractivity contribution in [2.75, 3.05) is 0 Å². The zero-order valence-corrected chi connectivity index (χ0v) is 8.95. The fourth-order valence-electron chi connectivity index (χ4n) is 1.72. The van der Waals surface area contributed by atoms with Crippen molar-refractivity contribution in [1.29, 1.82) is 0 Å². The minimum atomic E-state index is 0.149. The maximum Gasteiger partial charge on any atom is 0.201 e. The van der Waals surface area contributed by atoms with Crippen LogP contribution < -0.4 is 0 Å². The van der Waals surface area contributed by atoms with Gasteiger partial charge in [-0.1, -0.05) is 26.7 Å². The number of hydrogen-bond acceptors (Lipinski definition) is 2. The molecule has 0 unspecified atom stereocenters. The Balaban J connectivity index is 2.63. The third-order valence-electron chi connectivity index (χ3n) is 2.41. The number of ketones is 1. The Hall–Kier alpha value is -1.05. The lowest BCUT2D eigenvalue weighted by atomic mass is 9.92. The Kier molecular flexibility index (Phi) is 4.44. The van der Waals surface area contributed by atoms with Crippen LogP contribution >= 0.6 is 0 Å². The lowest BCUT2D eigenvalue weighted by molar-refractivity contribution is 0.0876. The number of carbonyl (C=O) groups is 1. The molecule has 0 N–H and O–H groups in total. The molecule has 1 heterocycles. The van der Waals surface area contributed by atoms with Crippen LogP contribution in [0, 0.1) is 5.92 Å². The smallest absolute Gasteiger partial charge is 0.201 e. The molecule has 1 aromatic rings. The molecule has 0 radical (unpaired) electrons. The first kappa shape index (κ1) is 11.0. The van der Waals surface area contributed by atoms with E-state index < -0.39 is 0 Å². The van der Waals surface area contributed by atoms with Crippen LogP contribution in [0.1, 0.15) is 50.1 Å². The van der Waals surface area contributed by atoms with Crippen LogP contribution in [-0.4, -0.2) is 5.78 Å². The van der Waals surface area contributed by atoms with E-state index in [1.165, 1.54) is 0 Å². The van der Waals surface area contributed by atoms with Gasteiger partial charge < -0.3 is 4.42 Å². The first-order chi connectivity index (χ1) is 6.79. The first-order valence-corrected chi connectivity index (χ1v) is 5.37. The van der Waals surface area contributed by atoms with Gasteiger partial charge in [-0.15, -0.1) is 0 Å². The molecular weight excluding hydrogens is 176 g/mol. The van der Waals surface area contributed by atoms with Gasteiger partial charge in [-0.2, -0.15) is 0 Å². The molecule has 0 saturated carbocycles. The molecule has 0 aliphatic carbocycles. The number of rotatable bonds is 6. The highest BCUT2D eigenvalue weighted by molar-refractivity contribution is 5.95. The summed E-state index contributed by atoms with van der Waals surface area (Å²) in [7, 11) is 0. The summed E-state index contributed by atoms with van der Waals surface area (Å²) < 4.78 is 5.12. The summed E-state index contributed by atoms with van der Waals surface area (Å²) in [6.45, 7) is 4.22. The molecule has 0 fully saturated rings. The normalized spacial score (nSPS) is 10.8. The molecule has 1 aromatic heterocycles. The molecule has 78 valence electrons. The fraction of sp³-hybridized carbons (Fsp3) is 0.583. The molecule has 0 aliphatic heterocycles. The van der Waals surface area contributed by atoms with Crippen molar-refractivity contribution in [2.45, 2.75) is 39.5 Å². The summed E-state index contributed by atoms with van der Waals surface area (Å²) in [6, 6.07) is 3.52. The Bertz CT molecular complexity index is 256. The number of furan rings is 1. The first-order valence-electron chi connectivity index (χ1n) is 5.37. The summed E-state index contributed by atoms with van der Waals surface area (Å²) in [6.07, 6.45) is 5.59. The summed E-state index contributed by atoms with van der Waals surface area (Å²) in [4.78, 5) is 11.9. The molecule has 1 rings (SSSR count). The molecule has 0 atom stereocenters. The summed E-state index contributed by atoms with van der Waals surface area (Å²) in [5.74, 6) is 0.826. The summed E-state index contributed by atoms with van der Waals surface area (Å²) in [5, 5.41) is 0. The molecule has 0 saturated heterocycles. The van der Waals surface area contributed by atoms with Gasteiger partial charge in [-0.05, 0) is 25.0 Å². The van der Waals surface area contributed by atoms with Crippen molar-refractivity contribution in [3.05, 3.63) is 24.2 Å². The van der Waals surface area contributed by atoms with E-state index in [1.807, 2.05) is 0 Å². The van der Waals surface area contributed by atoms with E-state index in [9.17, 15) is 4.79 Å². The van der Waals surface area contributed by atoms with Gasteiger partial charge in [0.15, 0.2) is 5.76 Å². The highest BCUT2D eigenvalue weighted by Gasteiger charge is 2.20. The van der Waals surface area contributed by atoms with Gasteiger partial charge in [-0.3, -0.25) is 4.79 Å². The van der Waals surface area contributed by atoms with Gasteiger partial charge in [-0.25, -0.2) is 0 Å². The lowest BCUT2D eigenvalue weighted by Crippen LogP contribution is -2.13. The topological polar surface area (TPSA) is 30.2 Å². The second kappa shape index (κ2) is 5.63. The van der Waals surface area contributed by atoms with E-state index in [1.54, 1.807) is 18.4 Å². The molecule has 0 aliphatic rings. The van der Waals surface area contributed by atoms with Crippen LogP contribution in [0.5, 0.6) is 0 Å². The van der Waals surface area contributed by atoms with Gasteiger partial charge in [0.2, 0.25) is 5.78 Å². The van der Waals surface area contributed by atoms with Gasteiger partial charge in [0.05, 0.1) is 6.26 Å². The van der Waals surface area contributed by atoms with Crippen LogP contribution in [0.3, 0.4) is 0 Å². The van der Waals surface area contributed by atoms with E-state index in [0.29, 0.717) is 5.76 Å². The molecule has 2 heteroatoms. The predicted octanol–water partition coefficient (Wildman–Crippen LogP) is 3.68. The fourth-order valence-corrected chi connectivity index (χ4v) is 1.72. The Morgan fingerprint density at radius 1 is 1.36 bits per heavy atom. The Morgan fingerprint density at radius 3 is 2.43 bits per heavy atom. The number of hydrogen-bond donors (Lipinski definition) is 0. The van der Waals surface area contributed by atoms with Crippen LogP contribution in [0.25, 0.3) is 0 Å². The second-order valence-electron chi connectivity index (χ2n) is 3.62. The molecular formula is C12H18O2. The van der Waals surface area contributed by atoms with Crippen molar-refractivity contribution >= 4 is 5.78 Å². The molecule has 0 bridgehead atoms. The average Bonchev–Trinajstić information content (AvgIpc) is 2.69. The monoisotopic (exact) mass is 194 g/mol. The minimum Gasteiger partial charge on any atom is -0.461 e. The molecule has 2 nitrogen and oxygen atoms in total. The van der Waals surface area contributed by atoms with E-state index in [4.69, 9.17) is 4.42 Å². The maximum atomic E-state index is 11.9. The van der Waals surface area contributed by atoms with Crippen LogP contribution in [0.15, 0.2) is 22.8 Å². The molecule has 14 heavy (non-hydrogen) atoms. The molecule has 0 aromatic carbocycles. The third kappa shape index (κ3) is 2.72. The summed E-state index contributed by atoms with van der Waals surface area (Å²) >= 11 is 0. The summed E-state index contributed by atoms with van der Waals surface area (Å²) in [5.41, 5.74) is 0. The SMILES string of the molecule is CCCC(CCC)C(=O)c1ccco1. The zero-order valence-electron chi connectivity index (χ0n) is 8.95. The Morgan fingerprint density at radius 2 is 2.00 bits per heavy atom. The number of carbonyl (C=O) groups excluding carboxylic acids is 1. The van der Waals surface area contributed by atoms with Crippen LogP contribution in [-0.2, 0) is 0 Å². The zero-order chi connectivity index (χ0) is 10.4. The van der Waals surface area contributed by atoms with E-state index in [0.717, 1.165) is 25.7 Å². The van der Waals surface area contributed by atoms with Crippen molar-refractivity contribution in [2.24, 2.45) is 5.92 Å². The minimum absolute atomic E-state index is 0.149. The van der Waals surface area contributed by atoms with E-state index in [2.05, 4.69) is 13.8 Å².